The minimum absolute atomic E-state index is 0.0763. The highest BCUT2D eigenvalue weighted by Gasteiger charge is 2.27. The summed E-state index contributed by atoms with van der Waals surface area (Å²) in [5, 5.41) is 0. The van der Waals surface area contributed by atoms with Gasteiger partial charge >= 0.3 is 0 Å². The van der Waals surface area contributed by atoms with E-state index < -0.39 is 0 Å². The molecule has 66 valence electrons. The number of hydrogen-bond acceptors (Lipinski definition) is 2. The Labute approximate surface area is 68.9 Å². The topological polar surface area (TPSA) is 18.5 Å². The molecule has 0 aromatic rings. The van der Waals surface area contributed by atoms with Crippen molar-refractivity contribution < 1.29 is 9.47 Å². The molecule has 0 radical (unpaired) electrons. The Balaban J connectivity index is 2.23. The molecule has 1 heterocycles. The van der Waals surface area contributed by atoms with Crippen LogP contribution >= 0.6 is 0 Å². The highest BCUT2D eigenvalue weighted by atomic mass is 16.7. The van der Waals surface area contributed by atoms with Gasteiger partial charge in [-0.05, 0) is 18.8 Å². The molecule has 0 saturated carbocycles. The number of hydrogen-bond donors (Lipinski definition) is 0. The molecule has 2 nitrogen and oxygen atoms in total. The van der Waals surface area contributed by atoms with Gasteiger partial charge in [0.25, 0.3) is 0 Å². The monoisotopic (exact) mass is 158 g/mol. The van der Waals surface area contributed by atoms with E-state index in [0.29, 0.717) is 5.92 Å². The zero-order valence-electron chi connectivity index (χ0n) is 7.67. The third-order valence-corrected chi connectivity index (χ3v) is 2.29. The van der Waals surface area contributed by atoms with E-state index >= 15 is 0 Å². The Kier molecular flexibility index (Phi) is 3.34. The normalized spacial score (nSPS) is 31.6. The van der Waals surface area contributed by atoms with Crippen LogP contribution in [0.1, 0.15) is 27.2 Å². The lowest BCUT2D eigenvalue weighted by atomic mass is 9.95. The Morgan fingerprint density at radius 2 is 2.27 bits per heavy atom. The molecule has 0 amide bonds. The van der Waals surface area contributed by atoms with Crippen molar-refractivity contribution in [2.24, 2.45) is 11.8 Å². The van der Waals surface area contributed by atoms with Crippen LogP contribution in [0.5, 0.6) is 0 Å². The van der Waals surface area contributed by atoms with E-state index in [1.165, 1.54) is 0 Å². The van der Waals surface area contributed by atoms with Gasteiger partial charge in [-0.1, -0.05) is 13.8 Å². The summed E-state index contributed by atoms with van der Waals surface area (Å²) in [7, 11) is 0. The van der Waals surface area contributed by atoms with E-state index in [1.807, 2.05) is 6.92 Å². The van der Waals surface area contributed by atoms with Crippen molar-refractivity contribution in [2.45, 2.75) is 33.5 Å². The largest absolute Gasteiger partial charge is 0.353 e. The van der Waals surface area contributed by atoms with E-state index in [9.17, 15) is 0 Å². The fourth-order valence-electron chi connectivity index (χ4n) is 1.38. The molecule has 0 spiro atoms. The van der Waals surface area contributed by atoms with Crippen molar-refractivity contribution in [3.8, 4) is 0 Å². The molecular weight excluding hydrogens is 140 g/mol. The lowest BCUT2D eigenvalue weighted by Gasteiger charge is -2.11. The molecular formula is C9H18O2. The summed E-state index contributed by atoms with van der Waals surface area (Å²) in [5.41, 5.74) is 0. The van der Waals surface area contributed by atoms with Crippen LogP contribution in [0.3, 0.4) is 0 Å². The first-order valence-electron chi connectivity index (χ1n) is 4.47. The molecule has 1 saturated heterocycles. The molecule has 0 unspecified atom stereocenters. The van der Waals surface area contributed by atoms with Crippen LogP contribution in [0.25, 0.3) is 0 Å². The fourth-order valence-corrected chi connectivity index (χ4v) is 1.38. The molecule has 0 aromatic carbocycles. The maximum Gasteiger partial charge on any atom is 0.157 e. The zero-order chi connectivity index (χ0) is 8.27. The lowest BCUT2D eigenvalue weighted by Crippen LogP contribution is -2.11. The van der Waals surface area contributed by atoms with E-state index in [-0.39, 0.29) is 6.29 Å². The van der Waals surface area contributed by atoms with Crippen LogP contribution in [0, 0.1) is 11.8 Å². The maximum absolute atomic E-state index is 5.45. The Morgan fingerprint density at radius 3 is 2.73 bits per heavy atom. The van der Waals surface area contributed by atoms with Crippen LogP contribution in [0.2, 0.25) is 0 Å². The van der Waals surface area contributed by atoms with Crippen LogP contribution in [-0.4, -0.2) is 19.5 Å². The van der Waals surface area contributed by atoms with Gasteiger partial charge in [-0.15, -0.1) is 0 Å². The van der Waals surface area contributed by atoms with Gasteiger partial charge in [0.1, 0.15) is 0 Å². The molecule has 1 aliphatic heterocycles. The van der Waals surface area contributed by atoms with Gasteiger partial charge in [-0.25, -0.2) is 0 Å². The quantitative estimate of drug-likeness (QED) is 0.625. The first-order valence-corrected chi connectivity index (χ1v) is 4.47. The summed E-state index contributed by atoms with van der Waals surface area (Å²) >= 11 is 0. The molecule has 1 aliphatic rings. The standard InChI is InChI=1S/C9H18O2/c1-4-10-9-5-8(6-11-9)7(2)3/h7-9H,4-6H2,1-3H3/t8-,9-/m0/s1. The summed E-state index contributed by atoms with van der Waals surface area (Å²) in [4.78, 5) is 0. The van der Waals surface area contributed by atoms with E-state index in [1.54, 1.807) is 0 Å². The molecule has 0 N–H and O–H groups in total. The fraction of sp³-hybridized carbons (Fsp3) is 1.00. The van der Waals surface area contributed by atoms with E-state index in [2.05, 4.69) is 13.8 Å². The molecule has 0 bridgehead atoms. The Bertz CT molecular complexity index is 112. The van der Waals surface area contributed by atoms with E-state index in [4.69, 9.17) is 9.47 Å². The molecule has 0 aromatic heterocycles. The maximum atomic E-state index is 5.45. The van der Waals surface area contributed by atoms with Crippen molar-refractivity contribution in [3.63, 3.8) is 0 Å². The SMILES string of the molecule is CCO[C@@H]1C[C@H](C(C)C)CO1. The van der Waals surface area contributed by atoms with E-state index in [0.717, 1.165) is 25.6 Å². The van der Waals surface area contributed by atoms with Gasteiger partial charge in [0, 0.05) is 13.0 Å². The molecule has 2 atom stereocenters. The van der Waals surface area contributed by atoms with Crippen molar-refractivity contribution in [1.82, 2.24) is 0 Å². The summed E-state index contributed by atoms with van der Waals surface area (Å²) in [6.45, 7) is 8.12. The molecule has 11 heavy (non-hydrogen) atoms. The highest BCUT2D eigenvalue weighted by molar-refractivity contribution is 4.70. The van der Waals surface area contributed by atoms with Gasteiger partial charge < -0.3 is 9.47 Å². The average molecular weight is 158 g/mol. The third kappa shape index (κ3) is 2.46. The van der Waals surface area contributed by atoms with Crippen molar-refractivity contribution in [1.29, 1.82) is 0 Å². The molecule has 1 fully saturated rings. The molecule has 2 heteroatoms. The van der Waals surface area contributed by atoms with Crippen LogP contribution in [0.15, 0.2) is 0 Å². The summed E-state index contributed by atoms with van der Waals surface area (Å²) < 4.78 is 10.8. The predicted octanol–water partition coefficient (Wildman–Crippen LogP) is 2.04. The first kappa shape index (κ1) is 9.01. The van der Waals surface area contributed by atoms with Gasteiger partial charge in [-0.3, -0.25) is 0 Å². The van der Waals surface area contributed by atoms with Gasteiger partial charge in [0.15, 0.2) is 6.29 Å². The minimum atomic E-state index is 0.0763. The Hall–Kier alpha value is -0.0800. The van der Waals surface area contributed by atoms with Gasteiger partial charge in [0.05, 0.1) is 6.61 Å². The van der Waals surface area contributed by atoms with Crippen molar-refractivity contribution in [3.05, 3.63) is 0 Å². The molecule has 0 aliphatic carbocycles. The summed E-state index contributed by atoms with van der Waals surface area (Å²) in [5.74, 6) is 1.42. The van der Waals surface area contributed by atoms with Crippen molar-refractivity contribution in [2.75, 3.05) is 13.2 Å². The van der Waals surface area contributed by atoms with Crippen LogP contribution in [0.4, 0.5) is 0 Å². The summed E-state index contributed by atoms with van der Waals surface area (Å²) in [6.07, 6.45) is 1.15. The number of ether oxygens (including phenoxy) is 2. The zero-order valence-corrected chi connectivity index (χ0v) is 7.67. The van der Waals surface area contributed by atoms with Gasteiger partial charge in [-0.2, -0.15) is 0 Å². The third-order valence-electron chi connectivity index (χ3n) is 2.29. The smallest absolute Gasteiger partial charge is 0.157 e. The first-order chi connectivity index (χ1) is 5.24. The minimum Gasteiger partial charge on any atom is -0.353 e. The predicted molar refractivity (Wildman–Crippen MR) is 44.3 cm³/mol. The summed E-state index contributed by atoms with van der Waals surface area (Å²) in [6, 6.07) is 0. The van der Waals surface area contributed by atoms with Crippen LogP contribution < -0.4 is 0 Å². The second-order valence-corrected chi connectivity index (χ2v) is 3.46. The highest BCUT2D eigenvalue weighted by Crippen LogP contribution is 2.26. The van der Waals surface area contributed by atoms with Crippen LogP contribution in [-0.2, 0) is 9.47 Å². The molecule has 1 rings (SSSR count). The second-order valence-electron chi connectivity index (χ2n) is 3.46. The second kappa shape index (κ2) is 4.07. The lowest BCUT2D eigenvalue weighted by molar-refractivity contribution is -0.106. The van der Waals surface area contributed by atoms with Crippen molar-refractivity contribution >= 4 is 0 Å². The van der Waals surface area contributed by atoms with Gasteiger partial charge in [0.2, 0.25) is 0 Å². The Morgan fingerprint density at radius 1 is 1.55 bits per heavy atom. The average Bonchev–Trinajstić information content (AvgIpc) is 2.37. The number of rotatable bonds is 3.